The first kappa shape index (κ1) is 28.7. The van der Waals surface area contributed by atoms with Crippen LogP contribution in [0.1, 0.15) is 58.4 Å². The van der Waals surface area contributed by atoms with Crippen LogP contribution in [-0.2, 0) is 19.5 Å². The van der Waals surface area contributed by atoms with Crippen LogP contribution in [0.2, 0.25) is 0 Å². The molecule has 12 nitrogen and oxygen atoms in total. The number of rotatable bonds is 9. The van der Waals surface area contributed by atoms with Crippen molar-refractivity contribution >= 4 is 28.8 Å². The molecule has 1 saturated heterocycles. The lowest BCUT2D eigenvalue weighted by Crippen LogP contribution is -2.46. The molecule has 1 unspecified atom stereocenters. The summed E-state index contributed by atoms with van der Waals surface area (Å²) in [7, 11) is 0. The molecular weight excluding hydrogens is 555 g/mol. The van der Waals surface area contributed by atoms with E-state index in [-0.39, 0.29) is 24.9 Å². The third-order valence-corrected chi connectivity index (χ3v) is 8.18. The van der Waals surface area contributed by atoms with Gasteiger partial charge in [-0.15, -0.1) is 0 Å². The van der Waals surface area contributed by atoms with Crippen LogP contribution in [0.25, 0.3) is 5.65 Å². The van der Waals surface area contributed by atoms with E-state index < -0.39 is 11.8 Å². The number of aromatic nitrogens is 4. The van der Waals surface area contributed by atoms with Gasteiger partial charge in [0.2, 0.25) is 0 Å². The predicted molar refractivity (Wildman–Crippen MR) is 157 cm³/mol. The van der Waals surface area contributed by atoms with E-state index >= 15 is 0 Å². The molecule has 0 spiro atoms. The van der Waals surface area contributed by atoms with E-state index in [1.165, 1.54) is 29.5 Å². The smallest absolute Gasteiger partial charge is 0.261 e. The molecule has 1 atom stereocenters. The van der Waals surface area contributed by atoms with Crippen LogP contribution >= 0.6 is 0 Å². The Balaban J connectivity index is 1.27. The standard InChI is InChI=1S/C30H35FN8O4/c1-4-25-20(14-34-43-25)16-36-8-10-37(11-9-36)24-13-21-19(17-38(29(21)41)18-26(31)30(2,3)42)12-23(24)35-28(40)22-15-33-39-7-5-6-32-27(22)39/h5-7,12-15,26,42H,4,8-11,16-18H2,1-3H3,(H,35,40). The summed E-state index contributed by atoms with van der Waals surface area (Å²) in [6, 6.07) is 5.33. The van der Waals surface area contributed by atoms with Gasteiger partial charge < -0.3 is 24.7 Å². The van der Waals surface area contributed by atoms with Gasteiger partial charge in [-0.05, 0) is 37.6 Å². The van der Waals surface area contributed by atoms with Gasteiger partial charge in [-0.25, -0.2) is 13.9 Å². The molecule has 5 heterocycles. The number of hydrogen-bond donors (Lipinski definition) is 2. The number of fused-ring (bicyclic) bond motifs is 2. The van der Waals surface area contributed by atoms with E-state index in [0.717, 1.165) is 37.4 Å². The number of piperazine rings is 1. The Hall–Kier alpha value is -4.36. The number of benzene rings is 1. The Morgan fingerprint density at radius 2 is 2.00 bits per heavy atom. The Morgan fingerprint density at radius 3 is 2.74 bits per heavy atom. The lowest BCUT2D eigenvalue weighted by Gasteiger charge is -2.37. The minimum Gasteiger partial charge on any atom is -0.387 e. The molecule has 226 valence electrons. The quantitative estimate of drug-likeness (QED) is 0.302. The zero-order valence-electron chi connectivity index (χ0n) is 24.5. The molecule has 43 heavy (non-hydrogen) atoms. The lowest BCUT2D eigenvalue weighted by atomic mass is 10.0. The third kappa shape index (κ3) is 5.69. The monoisotopic (exact) mass is 590 g/mol. The fraction of sp³-hybridized carbons (Fsp3) is 0.433. The van der Waals surface area contributed by atoms with E-state index in [9.17, 15) is 19.1 Å². The van der Waals surface area contributed by atoms with Gasteiger partial charge in [0, 0.05) is 69.2 Å². The van der Waals surface area contributed by atoms with Crippen molar-refractivity contribution in [3.63, 3.8) is 0 Å². The number of nitrogens with one attached hydrogen (secondary N) is 1. The first-order chi connectivity index (χ1) is 20.6. The maximum Gasteiger partial charge on any atom is 0.261 e. The van der Waals surface area contributed by atoms with Crippen molar-refractivity contribution in [3.05, 3.63) is 71.0 Å². The number of nitrogens with zero attached hydrogens (tertiary/aromatic N) is 7. The van der Waals surface area contributed by atoms with Crippen LogP contribution in [-0.4, -0.2) is 91.0 Å². The van der Waals surface area contributed by atoms with Crippen LogP contribution in [0.4, 0.5) is 15.8 Å². The number of carbonyl (C=O) groups excluding carboxylic acids is 2. The van der Waals surface area contributed by atoms with Crippen molar-refractivity contribution in [2.45, 2.75) is 52.1 Å². The van der Waals surface area contributed by atoms with E-state index in [0.29, 0.717) is 46.8 Å². The molecule has 0 radical (unpaired) electrons. The number of alkyl halides is 1. The van der Waals surface area contributed by atoms with Gasteiger partial charge in [0.15, 0.2) is 5.65 Å². The van der Waals surface area contributed by atoms with Gasteiger partial charge in [0.1, 0.15) is 17.5 Å². The van der Waals surface area contributed by atoms with Gasteiger partial charge in [0.25, 0.3) is 11.8 Å². The van der Waals surface area contributed by atoms with Crippen molar-refractivity contribution in [1.29, 1.82) is 0 Å². The maximum absolute atomic E-state index is 14.7. The van der Waals surface area contributed by atoms with Crippen molar-refractivity contribution in [1.82, 2.24) is 29.6 Å². The highest BCUT2D eigenvalue weighted by atomic mass is 19.1. The molecule has 2 aliphatic heterocycles. The van der Waals surface area contributed by atoms with Crippen molar-refractivity contribution in [3.8, 4) is 0 Å². The summed E-state index contributed by atoms with van der Waals surface area (Å²) in [6.07, 6.45) is 5.73. The SMILES string of the molecule is CCc1oncc1CN1CCN(c2cc3c(cc2NC(=O)c2cnn4cccnc24)CN(CC(F)C(C)(C)O)C3=O)CC1. The first-order valence-corrected chi connectivity index (χ1v) is 14.4. The zero-order chi connectivity index (χ0) is 30.3. The third-order valence-electron chi connectivity index (χ3n) is 8.18. The van der Waals surface area contributed by atoms with Crippen molar-refractivity contribution < 1.29 is 23.6 Å². The van der Waals surface area contributed by atoms with Crippen LogP contribution in [0.15, 0.2) is 47.5 Å². The number of anilines is 2. The number of hydrogen-bond acceptors (Lipinski definition) is 9. The highest BCUT2D eigenvalue weighted by Gasteiger charge is 2.36. The average Bonchev–Trinajstić information content (AvgIpc) is 3.70. The Kier molecular flexibility index (Phi) is 7.61. The highest BCUT2D eigenvalue weighted by Crippen LogP contribution is 2.36. The van der Waals surface area contributed by atoms with Crippen molar-refractivity contribution in [2.75, 3.05) is 42.9 Å². The number of aryl methyl sites for hydroxylation is 1. The molecule has 3 aromatic heterocycles. The minimum atomic E-state index is -1.61. The second kappa shape index (κ2) is 11.4. The van der Waals surface area contributed by atoms with Gasteiger partial charge in [-0.2, -0.15) is 5.10 Å². The van der Waals surface area contributed by atoms with E-state index in [4.69, 9.17) is 4.52 Å². The first-order valence-electron chi connectivity index (χ1n) is 14.4. The van der Waals surface area contributed by atoms with Crippen LogP contribution < -0.4 is 10.2 Å². The van der Waals surface area contributed by atoms with Gasteiger partial charge in [-0.3, -0.25) is 14.5 Å². The second-order valence-electron chi connectivity index (χ2n) is 11.6. The second-order valence-corrected chi connectivity index (χ2v) is 11.6. The molecule has 1 fully saturated rings. The zero-order valence-corrected chi connectivity index (χ0v) is 24.5. The highest BCUT2D eigenvalue weighted by molar-refractivity contribution is 6.10. The topological polar surface area (TPSA) is 132 Å². The van der Waals surface area contributed by atoms with Gasteiger partial charge in [-0.1, -0.05) is 12.1 Å². The summed E-state index contributed by atoms with van der Waals surface area (Å²) < 4.78 is 21.6. The normalized spacial score (nSPS) is 16.6. The van der Waals surface area contributed by atoms with Crippen LogP contribution in [0.3, 0.4) is 0 Å². The van der Waals surface area contributed by atoms with Gasteiger partial charge in [0.05, 0.1) is 35.9 Å². The number of aliphatic hydroxyl groups is 1. The summed E-state index contributed by atoms with van der Waals surface area (Å²) in [4.78, 5) is 37.1. The number of carbonyl (C=O) groups is 2. The molecule has 13 heteroatoms. The molecule has 2 amide bonds. The fourth-order valence-corrected chi connectivity index (χ4v) is 5.61. The number of halogens is 1. The summed E-state index contributed by atoms with van der Waals surface area (Å²) in [5.74, 6) is 0.211. The maximum atomic E-state index is 14.7. The summed E-state index contributed by atoms with van der Waals surface area (Å²) >= 11 is 0. The summed E-state index contributed by atoms with van der Waals surface area (Å²) in [5.41, 5.74) is 2.66. The van der Waals surface area contributed by atoms with Crippen LogP contribution in [0.5, 0.6) is 0 Å². The molecule has 4 aromatic rings. The predicted octanol–water partition coefficient (Wildman–Crippen LogP) is 2.92. The minimum absolute atomic E-state index is 0.179. The molecule has 0 saturated carbocycles. The Labute approximate surface area is 248 Å². The lowest BCUT2D eigenvalue weighted by molar-refractivity contribution is -0.0159. The molecule has 2 aliphatic rings. The summed E-state index contributed by atoms with van der Waals surface area (Å²) in [6.45, 7) is 8.33. The molecular formula is C30H35FN8O4. The van der Waals surface area contributed by atoms with E-state index in [2.05, 4.69) is 30.4 Å². The molecule has 6 rings (SSSR count). The number of amides is 2. The fourth-order valence-electron chi connectivity index (χ4n) is 5.61. The van der Waals surface area contributed by atoms with E-state index in [1.54, 1.807) is 36.8 Å². The summed E-state index contributed by atoms with van der Waals surface area (Å²) in [5, 5.41) is 21.3. The Morgan fingerprint density at radius 1 is 1.21 bits per heavy atom. The molecule has 0 aliphatic carbocycles. The van der Waals surface area contributed by atoms with Gasteiger partial charge >= 0.3 is 0 Å². The average molecular weight is 591 g/mol. The largest absolute Gasteiger partial charge is 0.387 e. The Bertz CT molecular complexity index is 1650. The molecule has 2 N–H and O–H groups in total. The molecule has 1 aromatic carbocycles. The molecule has 0 bridgehead atoms. The van der Waals surface area contributed by atoms with Crippen molar-refractivity contribution in [2.24, 2.45) is 0 Å². The van der Waals surface area contributed by atoms with Crippen LogP contribution in [0, 0.1) is 0 Å². The van der Waals surface area contributed by atoms with E-state index in [1.807, 2.05) is 6.92 Å².